The minimum atomic E-state index is -0.180. The van der Waals surface area contributed by atoms with Gasteiger partial charge in [0.25, 0.3) is 5.95 Å². The molecule has 0 radical (unpaired) electrons. The molecule has 2 N–H and O–H groups in total. The van der Waals surface area contributed by atoms with Crippen LogP contribution in [0, 0.1) is 0 Å². The molecule has 0 fully saturated rings. The first kappa shape index (κ1) is 13.3. The summed E-state index contributed by atoms with van der Waals surface area (Å²) in [5, 5.41) is 16.1. The van der Waals surface area contributed by atoms with Gasteiger partial charge in [0, 0.05) is 10.6 Å². The van der Waals surface area contributed by atoms with E-state index in [9.17, 15) is 4.79 Å². The van der Waals surface area contributed by atoms with E-state index in [0.717, 1.165) is 10.6 Å². The largest absolute Gasteiger partial charge is 0.322 e. The Kier molecular flexibility index (Phi) is 3.88. The predicted octanol–water partition coefficient (Wildman–Crippen LogP) is 1.79. The zero-order valence-corrected chi connectivity index (χ0v) is 11.7. The predicted molar refractivity (Wildman–Crippen MR) is 79.9 cm³/mol. The number of benzene rings is 1. The van der Waals surface area contributed by atoms with E-state index >= 15 is 0 Å². The Labute approximate surface area is 124 Å². The van der Waals surface area contributed by atoms with Crippen molar-refractivity contribution in [2.45, 2.75) is 6.42 Å². The lowest BCUT2D eigenvalue weighted by molar-refractivity contribution is -0.116. The van der Waals surface area contributed by atoms with Crippen LogP contribution in [0.5, 0.6) is 0 Å². The number of para-hydroxylation sites is 1. The number of anilines is 2. The van der Waals surface area contributed by atoms with Gasteiger partial charge in [0.2, 0.25) is 5.91 Å². The number of nitrogens with zero attached hydrogens (tertiary/aromatic N) is 4. The van der Waals surface area contributed by atoms with E-state index in [0.29, 0.717) is 12.4 Å². The zero-order chi connectivity index (χ0) is 14.5. The third-order valence-corrected chi connectivity index (χ3v) is 3.52. The van der Waals surface area contributed by atoms with Crippen LogP contribution in [-0.4, -0.2) is 26.2 Å². The highest BCUT2D eigenvalue weighted by molar-refractivity contribution is 7.10. The normalized spacial score (nSPS) is 10.3. The van der Waals surface area contributed by atoms with Crippen LogP contribution in [0.15, 0.2) is 47.8 Å². The van der Waals surface area contributed by atoms with E-state index in [1.54, 1.807) is 0 Å². The van der Waals surface area contributed by atoms with Crippen molar-refractivity contribution in [3.8, 4) is 0 Å². The lowest BCUT2D eigenvalue weighted by atomic mass is 10.3. The average molecular weight is 300 g/mol. The summed E-state index contributed by atoms with van der Waals surface area (Å²) in [6.45, 7) is 0. The van der Waals surface area contributed by atoms with Crippen molar-refractivity contribution in [2.75, 3.05) is 10.7 Å². The van der Waals surface area contributed by atoms with Gasteiger partial charge in [0.15, 0.2) is 0 Å². The molecule has 0 unspecified atom stereocenters. The molecule has 0 spiro atoms. The van der Waals surface area contributed by atoms with Crippen LogP contribution in [-0.2, 0) is 11.2 Å². The van der Waals surface area contributed by atoms with E-state index in [2.05, 4.69) is 26.3 Å². The average Bonchev–Trinajstić information content (AvgIpc) is 3.13. The molecule has 1 amide bonds. The quantitative estimate of drug-likeness (QED) is 0.750. The summed E-state index contributed by atoms with van der Waals surface area (Å²) in [6, 6.07) is 13.3. The van der Waals surface area contributed by atoms with Crippen LogP contribution in [0.1, 0.15) is 4.88 Å². The summed E-state index contributed by atoms with van der Waals surface area (Å²) in [7, 11) is 0. The smallest absolute Gasteiger partial charge is 0.267 e. The molecule has 3 rings (SSSR count). The van der Waals surface area contributed by atoms with Crippen molar-refractivity contribution >= 4 is 28.9 Å². The first-order valence-corrected chi connectivity index (χ1v) is 7.12. The molecule has 0 saturated carbocycles. The number of rotatable bonds is 5. The van der Waals surface area contributed by atoms with Crippen LogP contribution in [0.4, 0.5) is 11.6 Å². The molecule has 0 aliphatic heterocycles. The molecule has 1 aromatic carbocycles. The molecule has 0 saturated heterocycles. The van der Waals surface area contributed by atoms with Crippen LogP contribution in [0.25, 0.3) is 0 Å². The summed E-state index contributed by atoms with van der Waals surface area (Å²) in [5.74, 6) is 0.168. The highest BCUT2D eigenvalue weighted by Gasteiger charge is 2.10. The Bertz CT molecular complexity index is 709. The van der Waals surface area contributed by atoms with E-state index in [1.807, 2.05) is 47.8 Å². The van der Waals surface area contributed by atoms with Gasteiger partial charge >= 0.3 is 0 Å². The van der Waals surface area contributed by atoms with Gasteiger partial charge in [-0.1, -0.05) is 29.4 Å². The molecule has 8 heteroatoms. The van der Waals surface area contributed by atoms with E-state index < -0.39 is 0 Å². The van der Waals surface area contributed by atoms with Gasteiger partial charge in [-0.2, -0.15) is 0 Å². The maximum atomic E-state index is 11.9. The van der Waals surface area contributed by atoms with Crippen molar-refractivity contribution in [2.24, 2.45) is 0 Å². The number of hydrogen-bond donors (Lipinski definition) is 2. The maximum Gasteiger partial charge on any atom is 0.267 e. The van der Waals surface area contributed by atoms with Gasteiger partial charge in [-0.05, 0) is 34.0 Å². The Morgan fingerprint density at radius 1 is 1.19 bits per heavy atom. The summed E-state index contributed by atoms with van der Waals surface area (Å²) in [5.41, 5.74) is 3.47. The second kappa shape index (κ2) is 6.14. The molecule has 21 heavy (non-hydrogen) atoms. The van der Waals surface area contributed by atoms with E-state index in [1.165, 1.54) is 16.1 Å². The second-order valence-corrected chi connectivity index (χ2v) is 5.23. The first-order valence-electron chi connectivity index (χ1n) is 6.24. The molecule has 2 aromatic heterocycles. The number of tetrazole rings is 1. The van der Waals surface area contributed by atoms with E-state index in [-0.39, 0.29) is 5.91 Å². The SMILES string of the molecule is O=C(Cc1cccs1)Nn1nnnc1Nc1ccccc1. The molecule has 0 aliphatic rings. The van der Waals surface area contributed by atoms with Gasteiger partial charge in [0.05, 0.1) is 6.42 Å². The van der Waals surface area contributed by atoms with Crippen LogP contribution in [0.3, 0.4) is 0 Å². The van der Waals surface area contributed by atoms with Gasteiger partial charge in [-0.15, -0.1) is 16.1 Å². The molecular weight excluding hydrogens is 288 g/mol. The molecular formula is C13H12N6OS. The number of aromatic nitrogens is 4. The second-order valence-electron chi connectivity index (χ2n) is 4.20. The van der Waals surface area contributed by atoms with Crippen LogP contribution >= 0.6 is 11.3 Å². The number of carbonyl (C=O) groups is 1. The highest BCUT2D eigenvalue weighted by Crippen LogP contribution is 2.12. The minimum absolute atomic E-state index is 0.180. The third kappa shape index (κ3) is 3.42. The maximum absolute atomic E-state index is 11.9. The first-order chi connectivity index (χ1) is 10.3. The fraction of sp³-hybridized carbons (Fsp3) is 0.0769. The molecule has 3 aromatic rings. The Morgan fingerprint density at radius 2 is 2.05 bits per heavy atom. The molecule has 2 heterocycles. The summed E-state index contributed by atoms with van der Waals surface area (Å²) in [4.78, 5) is 14.1. The van der Waals surface area contributed by atoms with Crippen molar-refractivity contribution in [1.29, 1.82) is 0 Å². The van der Waals surface area contributed by atoms with Crippen molar-refractivity contribution < 1.29 is 4.79 Å². The summed E-state index contributed by atoms with van der Waals surface area (Å²) < 4.78 is 0. The lowest BCUT2D eigenvalue weighted by Crippen LogP contribution is -2.26. The molecule has 0 aliphatic carbocycles. The van der Waals surface area contributed by atoms with Crippen LogP contribution < -0.4 is 10.7 Å². The number of carbonyl (C=O) groups excluding carboxylic acids is 1. The van der Waals surface area contributed by atoms with Gasteiger partial charge in [-0.25, -0.2) is 5.43 Å². The Morgan fingerprint density at radius 3 is 2.81 bits per heavy atom. The lowest BCUT2D eigenvalue weighted by Gasteiger charge is -2.07. The molecule has 0 atom stereocenters. The fourth-order valence-electron chi connectivity index (χ4n) is 1.72. The molecule has 0 bridgehead atoms. The van der Waals surface area contributed by atoms with E-state index in [4.69, 9.17) is 0 Å². The number of amides is 1. The van der Waals surface area contributed by atoms with Gasteiger partial charge in [-0.3, -0.25) is 4.79 Å². The van der Waals surface area contributed by atoms with Gasteiger partial charge < -0.3 is 5.32 Å². The minimum Gasteiger partial charge on any atom is -0.322 e. The van der Waals surface area contributed by atoms with Crippen molar-refractivity contribution in [3.63, 3.8) is 0 Å². The number of nitrogens with one attached hydrogen (secondary N) is 2. The Hall–Kier alpha value is -2.74. The monoisotopic (exact) mass is 300 g/mol. The fourth-order valence-corrected chi connectivity index (χ4v) is 2.42. The summed E-state index contributed by atoms with van der Waals surface area (Å²) in [6.07, 6.45) is 0.294. The van der Waals surface area contributed by atoms with Crippen molar-refractivity contribution in [1.82, 2.24) is 20.3 Å². The topological polar surface area (TPSA) is 84.7 Å². The van der Waals surface area contributed by atoms with Crippen molar-refractivity contribution in [3.05, 3.63) is 52.7 Å². The molecule has 7 nitrogen and oxygen atoms in total. The molecule has 106 valence electrons. The standard InChI is InChI=1S/C13H12N6OS/c20-12(9-11-7-4-8-21-11)16-19-13(15-17-18-19)14-10-5-2-1-3-6-10/h1-8H,9H2,(H,16,20)(H,14,15,18). The highest BCUT2D eigenvalue weighted by atomic mass is 32.1. The number of hydrogen-bond acceptors (Lipinski definition) is 6. The number of thiophene rings is 1. The Balaban J connectivity index is 1.66. The third-order valence-electron chi connectivity index (χ3n) is 2.64. The van der Waals surface area contributed by atoms with Gasteiger partial charge in [0.1, 0.15) is 0 Å². The van der Waals surface area contributed by atoms with Crippen LogP contribution in [0.2, 0.25) is 0 Å². The summed E-state index contributed by atoms with van der Waals surface area (Å²) >= 11 is 1.53. The zero-order valence-electron chi connectivity index (χ0n) is 10.9.